The molecule has 3 rings (SSSR count). The number of hydrogen-bond acceptors (Lipinski definition) is 3. The van der Waals surface area contributed by atoms with E-state index < -0.39 is 0 Å². The molecule has 0 atom stereocenters. The van der Waals surface area contributed by atoms with E-state index >= 15 is 0 Å². The summed E-state index contributed by atoms with van der Waals surface area (Å²) in [5.74, 6) is 0.790. The Kier molecular flexibility index (Phi) is 2.01. The van der Waals surface area contributed by atoms with Gasteiger partial charge >= 0.3 is 0 Å². The van der Waals surface area contributed by atoms with E-state index in [4.69, 9.17) is 4.74 Å². The van der Waals surface area contributed by atoms with Crippen LogP contribution in [0.1, 0.15) is 21.6 Å². The maximum atomic E-state index is 12.1. The van der Waals surface area contributed by atoms with Crippen LogP contribution in [0.3, 0.4) is 0 Å². The van der Waals surface area contributed by atoms with E-state index in [2.05, 4.69) is 4.98 Å². The topological polar surface area (TPSA) is 39.2 Å². The summed E-state index contributed by atoms with van der Waals surface area (Å²) >= 11 is 0. The van der Waals surface area contributed by atoms with E-state index in [9.17, 15) is 4.79 Å². The highest BCUT2D eigenvalue weighted by atomic mass is 16.5. The fraction of sp³-hybridized carbons (Fsp3) is 0.143. The van der Waals surface area contributed by atoms with E-state index in [-0.39, 0.29) is 5.78 Å². The minimum Gasteiger partial charge on any atom is -0.497 e. The number of aromatic nitrogens is 1. The molecule has 0 fully saturated rings. The lowest BCUT2D eigenvalue weighted by Gasteiger charge is -2.03. The van der Waals surface area contributed by atoms with Gasteiger partial charge in [0.2, 0.25) is 0 Å². The van der Waals surface area contributed by atoms with Crippen LogP contribution in [0, 0.1) is 6.92 Å². The molecule has 1 aromatic carbocycles. The second-order valence-corrected chi connectivity index (χ2v) is 4.09. The molecule has 1 heterocycles. The van der Waals surface area contributed by atoms with Crippen LogP contribution in [-0.2, 0) is 0 Å². The molecule has 1 aromatic heterocycles. The fourth-order valence-corrected chi connectivity index (χ4v) is 2.13. The maximum Gasteiger partial charge on any atom is 0.195 e. The van der Waals surface area contributed by atoms with Crippen molar-refractivity contribution in [3.8, 4) is 17.0 Å². The van der Waals surface area contributed by atoms with Gasteiger partial charge in [0.05, 0.1) is 12.8 Å². The molecule has 0 radical (unpaired) electrons. The van der Waals surface area contributed by atoms with Crippen LogP contribution in [0.4, 0.5) is 0 Å². The lowest BCUT2D eigenvalue weighted by Crippen LogP contribution is -1.95. The Morgan fingerprint density at radius 1 is 1.06 bits per heavy atom. The van der Waals surface area contributed by atoms with E-state index in [1.165, 1.54) is 0 Å². The molecule has 0 saturated heterocycles. The summed E-state index contributed by atoms with van der Waals surface area (Å²) in [5, 5.41) is 0. The zero-order chi connectivity index (χ0) is 12.0. The zero-order valence-electron chi connectivity index (χ0n) is 9.65. The predicted octanol–water partition coefficient (Wildman–Crippen LogP) is 2.61. The summed E-state index contributed by atoms with van der Waals surface area (Å²) in [6.07, 6.45) is 0. The van der Waals surface area contributed by atoms with Crippen LogP contribution < -0.4 is 4.74 Å². The number of nitrogens with zero attached hydrogens (tertiary/aromatic N) is 1. The zero-order valence-corrected chi connectivity index (χ0v) is 9.65. The average Bonchev–Trinajstić information content (AvgIpc) is 2.62. The Labute approximate surface area is 99.1 Å². The van der Waals surface area contributed by atoms with Crippen LogP contribution in [0.25, 0.3) is 11.3 Å². The second kappa shape index (κ2) is 3.42. The molecule has 84 valence electrons. The molecule has 3 heteroatoms. The molecular formula is C14H11NO2. The van der Waals surface area contributed by atoms with Crippen molar-refractivity contribution >= 4 is 5.78 Å². The normalized spacial score (nSPS) is 12.2. The Morgan fingerprint density at radius 3 is 2.59 bits per heavy atom. The first kappa shape index (κ1) is 10.0. The highest BCUT2D eigenvalue weighted by molar-refractivity contribution is 6.21. The fourth-order valence-electron chi connectivity index (χ4n) is 2.13. The average molecular weight is 225 g/mol. The second-order valence-electron chi connectivity index (χ2n) is 4.09. The van der Waals surface area contributed by atoms with Crippen molar-refractivity contribution < 1.29 is 9.53 Å². The van der Waals surface area contributed by atoms with Gasteiger partial charge in [-0.25, -0.2) is 0 Å². The number of rotatable bonds is 1. The standard InChI is InChI=1S/C14H11NO2/c1-8-3-5-11-13(15-8)12-7-9(17-2)4-6-10(12)14(11)16/h3-7H,1-2H3. The van der Waals surface area contributed by atoms with Crippen molar-refractivity contribution in [3.05, 3.63) is 47.2 Å². The molecule has 2 aromatic rings. The number of hydrogen-bond donors (Lipinski definition) is 0. The summed E-state index contributed by atoms with van der Waals surface area (Å²) in [6.45, 7) is 1.92. The highest BCUT2D eigenvalue weighted by Gasteiger charge is 2.28. The molecule has 0 unspecified atom stereocenters. The van der Waals surface area contributed by atoms with E-state index in [1.807, 2.05) is 25.1 Å². The third kappa shape index (κ3) is 1.35. The summed E-state index contributed by atoms with van der Waals surface area (Å²) in [7, 11) is 1.61. The molecule has 1 aliphatic rings. The predicted molar refractivity (Wildman–Crippen MR) is 64.4 cm³/mol. The molecular weight excluding hydrogens is 214 g/mol. The number of ketones is 1. The van der Waals surface area contributed by atoms with Crippen LogP contribution >= 0.6 is 0 Å². The monoisotopic (exact) mass is 225 g/mol. The minimum absolute atomic E-state index is 0.0464. The molecule has 0 bridgehead atoms. The third-order valence-corrected chi connectivity index (χ3v) is 3.01. The first-order valence-electron chi connectivity index (χ1n) is 5.41. The van der Waals surface area contributed by atoms with Crippen molar-refractivity contribution in [2.45, 2.75) is 6.92 Å². The number of carbonyl (C=O) groups excluding carboxylic acids is 1. The molecule has 0 spiro atoms. The Morgan fingerprint density at radius 2 is 1.82 bits per heavy atom. The van der Waals surface area contributed by atoms with Crippen LogP contribution in [0.15, 0.2) is 30.3 Å². The van der Waals surface area contributed by atoms with Gasteiger partial charge in [0.1, 0.15) is 5.75 Å². The third-order valence-electron chi connectivity index (χ3n) is 3.01. The van der Waals surface area contributed by atoms with Gasteiger partial charge in [-0.1, -0.05) is 0 Å². The molecule has 1 aliphatic carbocycles. The molecule has 0 N–H and O–H groups in total. The number of benzene rings is 1. The van der Waals surface area contributed by atoms with Gasteiger partial charge in [0, 0.05) is 22.4 Å². The van der Waals surface area contributed by atoms with Crippen LogP contribution in [0.5, 0.6) is 5.75 Å². The van der Waals surface area contributed by atoms with Crippen molar-refractivity contribution in [1.29, 1.82) is 0 Å². The van der Waals surface area contributed by atoms with Crippen LogP contribution in [-0.4, -0.2) is 17.9 Å². The molecule has 0 aliphatic heterocycles. The van der Waals surface area contributed by atoms with Gasteiger partial charge in [0.15, 0.2) is 5.78 Å². The Balaban J connectivity index is 2.31. The van der Waals surface area contributed by atoms with Gasteiger partial charge in [-0.15, -0.1) is 0 Å². The highest BCUT2D eigenvalue weighted by Crippen LogP contribution is 2.37. The first-order valence-corrected chi connectivity index (χ1v) is 5.41. The summed E-state index contributed by atoms with van der Waals surface area (Å²) in [4.78, 5) is 16.6. The quantitative estimate of drug-likeness (QED) is 0.639. The molecule has 0 amide bonds. The van der Waals surface area contributed by atoms with Gasteiger partial charge in [-0.05, 0) is 37.3 Å². The number of carbonyl (C=O) groups is 1. The first-order chi connectivity index (χ1) is 8.20. The molecule has 0 saturated carbocycles. The van der Waals surface area contributed by atoms with Gasteiger partial charge in [0.25, 0.3) is 0 Å². The number of ether oxygens (including phenoxy) is 1. The minimum atomic E-state index is 0.0464. The Hall–Kier alpha value is -2.16. The molecule has 17 heavy (non-hydrogen) atoms. The van der Waals surface area contributed by atoms with Gasteiger partial charge in [-0.3, -0.25) is 9.78 Å². The summed E-state index contributed by atoms with van der Waals surface area (Å²) in [5.41, 5.74) is 3.93. The smallest absolute Gasteiger partial charge is 0.195 e. The summed E-state index contributed by atoms with van der Waals surface area (Å²) < 4.78 is 5.18. The SMILES string of the molecule is COc1ccc2c(c1)-c1nc(C)ccc1C2=O. The largest absolute Gasteiger partial charge is 0.497 e. The van der Waals surface area contributed by atoms with Crippen molar-refractivity contribution in [1.82, 2.24) is 4.98 Å². The van der Waals surface area contributed by atoms with E-state index in [0.29, 0.717) is 11.1 Å². The van der Waals surface area contributed by atoms with Crippen molar-refractivity contribution in [2.75, 3.05) is 7.11 Å². The lowest BCUT2D eigenvalue weighted by molar-refractivity contribution is 0.104. The lowest BCUT2D eigenvalue weighted by atomic mass is 10.1. The van der Waals surface area contributed by atoms with Crippen molar-refractivity contribution in [3.63, 3.8) is 0 Å². The number of fused-ring (bicyclic) bond motifs is 3. The van der Waals surface area contributed by atoms with Crippen molar-refractivity contribution in [2.24, 2.45) is 0 Å². The number of aryl methyl sites for hydroxylation is 1. The Bertz CT molecular complexity index is 632. The van der Waals surface area contributed by atoms with Gasteiger partial charge < -0.3 is 4.74 Å². The number of methoxy groups -OCH3 is 1. The van der Waals surface area contributed by atoms with E-state index in [0.717, 1.165) is 22.7 Å². The van der Waals surface area contributed by atoms with Crippen LogP contribution in [0.2, 0.25) is 0 Å². The molecule has 3 nitrogen and oxygen atoms in total. The summed E-state index contributed by atoms with van der Waals surface area (Å²) in [6, 6.07) is 9.17. The van der Waals surface area contributed by atoms with E-state index in [1.54, 1.807) is 19.2 Å². The van der Waals surface area contributed by atoms with Gasteiger partial charge in [-0.2, -0.15) is 0 Å². The number of pyridine rings is 1. The maximum absolute atomic E-state index is 12.1.